The van der Waals surface area contributed by atoms with E-state index in [2.05, 4.69) is 5.32 Å². The van der Waals surface area contributed by atoms with Crippen molar-refractivity contribution in [2.24, 2.45) is 17.6 Å². The zero-order chi connectivity index (χ0) is 7.84. The van der Waals surface area contributed by atoms with Gasteiger partial charge in [-0.2, -0.15) is 0 Å². The molecule has 11 heavy (non-hydrogen) atoms. The Balaban J connectivity index is 1.92. The molecule has 0 aromatic rings. The lowest BCUT2D eigenvalue weighted by Crippen LogP contribution is -2.41. The fourth-order valence-electron chi connectivity index (χ4n) is 2.60. The molecule has 0 aliphatic heterocycles. The highest BCUT2D eigenvalue weighted by molar-refractivity contribution is 5.72. The molecule has 0 heterocycles. The van der Waals surface area contributed by atoms with Crippen molar-refractivity contribution in [3.63, 3.8) is 0 Å². The van der Waals surface area contributed by atoms with Gasteiger partial charge in [0.2, 0.25) is 0 Å². The molecule has 0 saturated heterocycles. The van der Waals surface area contributed by atoms with Crippen molar-refractivity contribution in [1.29, 1.82) is 0 Å². The largest absolute Gasteiger partial charge is 0.352 e. The van der Waals surface area contributed by atoms with Crippen molar-refractivity contribution in [3.05, 3.63) is 0 Å². The summed E-state index contributed by atoms with van der Waals surface area (Å²) < 4.78 is 0. The molecule has 2 aliphatic carbocycles. The van der Waals surface area contributed by atoms with E-state index in [0.29, 0.717) is 6.04 Å². The Morgan fingerprint density at radius 3 is 2.64 bits per heavy atom. The van der Waals surface area contributed by atoms with Gasteiger partial charge in [-0.3, -0.25) is 0 Å². The Hall–Kier alpha value is -0.730. The van der Waals surface area contributed by atoms with Crippen LogP contribution in [-0.2, 0) is 0 Å². The maximum Gasteiger partial charge on any atom is 0.312 e. The van der Waals surface area contributed by atoms with Gasteiger partial charge in [-0.1, -0.05) is 6.42 Å². The van der Waals surface area contributed by atoms with E-state index in [1.165, 1.54) is 19.3 Å². The molecule has 3 atom stereocenters. The molecule has 0 unspecified atom stereocenters. The van der Waals surface area contributed by atoms with Gasteiger partial charge >= 0.3 is 6.03 Å². The first-order valence-electron chi connectivity index (χ1n) is 4.31. The lowest BCUT2D eigenvalue weighted by molar-refractivity contribution is 0.239. The van der Waals surface area contributed by atoms with Crippen LogP contribution in [0.1, 0.15) is 25.7 Å². The molecule has 2 amide bonds. The highest BCUT2D eigenvalue weighted by Crippen LogP contribution is 2.44. The number of nitrogens with two attached hydrogens (primary N) is 1. The van der Waals surface area contributed by atoms with Gasteiger partial charge < -0.3 is 11.1 Å². The lowest BCUT2D eigenvalue weighted by Gasteiger charge is -2.21. The molecule has 2 aliphatic rings. The fourth-order valence-corrected chi connectivity index (χ4v) is 2.60. The highest BCUT2D eigenvalue weighted by atomic mass is 16.2. The molecule has 2 bridgehead atoms. The van der Waals surface area contributed by atoms with E-state index < -0.39 is 0 Å². The summed E-state index contributed by atoms with van der Waals surface area (Å²) in [5, 5.41) is 2.81. The van der Waals surface area contributed by atoms with Crippen LogP contribution in [0.25, 0.3) is 0 Å². The quantitative estimate of drug-likeness (QED) is 0.577. The molecular formula is C8H14N2O. The number of carbonyl (C=O) groups is 1. The van der Waals surface area contributed by atoms with E-state index in [1.54, 1.807) is 0 Å². The van der Waals surface area contributed by atoms with Crippen LogP contribution in [0.15, 0.2) is 0 Å². The van der Waals surface area contributed by atoms with Gasteiger partial charge in [0.25, 0.3) is 0 Å². The van der Waals surface area contributed by atoms with E-state index in [9.17, 15) is 4.79 Å². The first kappa shape index (κ1) is 6.95. The second-order valence-corrected chi connectivity index (χ2v) is 3.79. The van der Waals surface area contributed by atoms with Crippen LogP contribution in [0.2, 0.25) is 0 Å². The predicted octanol–water partition coefficient (Wildman–Crippen LogP) is 0.843. The van der Waals surface area contributed by atoms with Crippen molar-refractivity contribution >= 4 is 6.03 Å². The van der Waals surface area contributed by atoms with Crippen molar-refractivity contribution in [2.45, 2.75) is 31.7 Å². The second kappa shape index (κ2) is 2.40. The van der Waals surface area contributed by atoms with Crippen LogP contribution in [-0.4, -0.2) is 12.1 Å². The highest BCUT2D eigenvalue weighted by Gasteiger charge is 2.39. The number of hydrogen-bond donors (Lipinski definition) is 2. The van der Waals surface area contributed by atoms with Gasteiger partial charge in [0.05, 0.1) is 0 Å². The average molecular weight is 154 g/mol. The molecule has 0 aromatic carbocycles. The third-order valence-corrected chi connectivity index (χ3v) is 3.07. The van der Waals surface area contributed by atoms with Crippen molar-refractivity contribution < 1.29 is 4.79 Å². The molecule has 62 valence electrons. The Bertz CT molecular complexity index is 181. The van der Waals surface area contributed by atoms with Crippen LogP contribution in [0.5, 0.6) is 0 Å². The third-order valence-electron chi connectivity index (χ3n) is 3.07. The van der Waals surface area contributed by atoms with Crippen LogP contribution >= 0.6 is 0 Å². The van der Waals surface area contributed by atoms with Crippen LogP contribution in [0, 0.1) is 11.8 Å². The van der Waals surface area contributed by atoms with Gasteiger partial charge in [-0.15, -0.1) is 0 Å². The molecular weight excluding hydrogens is 140 g/mol. The van der Waals surface area contributed by atoms with Crippen molar-refractivity contribution in [1.82, 2.24) is 5.32 Å². The number of hydrogen-bond acceptors (Lipinski definition) is 1. The molecule has 0 radical (unpaired) electrons. The molecule has 2 fully saturated rings. The molecule has 0 spiro atoms. The van der Waals surface area contributed by atoms with E-state index in [0.717, 1.165) is 18.3 Å². The van der Waals surface area contributed by atoms with Crippen LogP contribution in [0.4, 0.5) is 4.79 Å². The number of rotatable bonds is 1. The van der Waals surface area contributed by atoms with E-state index in [1.807, 2.05) is 0 Å². The summed E-state index contributed by atoms with van der Waals surface area (Å²) in [7, 11) is 0. The Labute approximate surface area is 66.3 Å². The number of carbonyl (C=O) groups excluding carboxylic acids is 1. The third kappa shape index (κ3) is 1.19. The molecule has 3 heteroatoms. The Morgan fingerprint density at radius 2 is 2.18 bits per heavy atom. The Morgan fingerprint density at radius 1 is 1.36 bits per heavy atom. The number of primary amides is 1. The van der Waals surface area contributed by atoms with Crippen LogP contribution in [0.3, 0.4) is 0 Å². The summed E-state index contributed by atoms with van der Waals surface area (Å²) in [6.07, 6.45) is 5.12. The summed E-state index contributed by atoms with van der Waals surface area (Å²) >= 11 is 0. The van der Waals surface area contributed by atoms with Gasteiger partial charge in [0.15, 0.2) is 0 Å². The van der Waals surface area contributed by atoms with Gasteiger partial charge in [0, 0.05) is 6.04 Å². The maximum absolute atomic E-state index is 10.5. The molecule has 2 rings (SSSR count). The summed E-state index contributed by atoms with van der Waals surface area (Å²) in [4.78, 5) is 10.5. The predicted molar refractivity (Wildman–Crippen MR) is 42.0 cm³/mol. The zero-order valence-electron chi connectivity index (χ0n) is 6.55. The van der Waals surface area contributed by atoms with E-state index in [-0.39, 0.29) is 6.03 Å². The molecule has 3 nitrogen and oxygen atoms in total. The number of nitrogens with one attached hydrogen (secondary N) is 1. The van der Waals surface area contributed by atoms with Gasteiger partial charge in [-0.25, -0.2) is 4.79 Å². The maximum atomic E-state index is 10.5. The summed E-state index contributed by atoms with van der Waals surface area (Å²) in [6, 6.07) is 0.0359. The minimum absolute atomic E-state index is 0.359. The Kier molecular flexibility index (Phi) is 1.51. The topological polar surface area (TPSA) is 55.1 Å². The summed E-state index contributed by atoms with van der Waals surface area (Å²) in [5.74, 6) is 1.60. The minimum Gasteiger partial charge on any atom is -0.352 e. The second-order valence-electron chi connectivity index (χ2n) is 3.79. The molecule has 0 aromatic heterocycles. The number of fused-ring (bicyclic) bond motifs is 2. The summed E-state index contributed by atoms with van der Waals surface area (Å²) in [5.41, 5.74) is 5.05. The minimum atomic E-state index is -0.359. The van der Waals surface area contributed by atoms with E-state index >= 15 is 0 Å². The normalized spacial score (nSPS) is 40.9. The number of urea groups is 1. The SMILES string of the molecule is NC(=O)N[C@H]1C[C@@H]2CC[C@H]1C2. The standard InChI is InChI=1S/C8H14N2O/c9-8(11)10-7-4-5-1-2-6(7)3-5/h5-7H,1-4H2,(H3,9,10,11)/t5-,6+,7+/m1/s1. The fraction of sp³-hybridized carbons (Fsp3) is 0.875. The monoisotopic (exact) mass is 154 g/mol. The van der Waals surface area contributed by atoms with Crippen LogP contribution < -0.4 is 11.1 Å². The summed E-state index contributed by atoms with van der Waals surface area (Å²) in [6.45, 7) is 0. The molecule has 3 N–H and O–H groups in total. The van der Waals surface area contributed by atoms with Crippen molar-refractivity contribution in [2.75, 3.05) is 0 Å². The number of amides is 2. The average Bonchev–Trinajstić information content (AvgIpc) is 2.45. The van der Waals surface area contributed by atoms with Crippen molar-refractivity contribution in [3.8, 4) is 0 Å². The molecule has 2 saturated carbocycles. The van der Waals surface area contributed by atoms with E-state index in [4.69, 9.17) is 5.73 Å². The lowest BCUT2D eigenvalue weighted by atomic mass is 9.96. The zero-order valence-corrected chi connectivity index (χ0v) is 6.55. The first-order chi connectivity index (χ1) is 5.25. The van der Waals surface area contributed by atoms with Gasteiger partial charge in [0.1, 0.15) is 0 Å². The first-order valence-corrected chi connectivity index (χ1v) is 4.31. The smallest absolute Gasteiger partial charge is 0.312 e. The van der Waals surface area contributed by atoms with Gasteiger partial charge in [-0.05, 0) is 31.1 Å².